The Hall–Kier alpha value is -1.63. The molecule has 0 spiro atoms. The van der Waals surface area contributed by atoms with Crippen molar-refractivity contribution in [1.82, 2.24) is 20.5 Å². The first-order valence-electron chi connectivity index (χ1n) is 5.35. The number of urea groups is 1. The third-order valence-corrected chi connectivity index (χ3v) is 2.52. The van der Waals surface area contributed by atoms with Crippen LogP contribution >= 0.6 is 15.9 Å². The van der Waals surface area contributed by atoms with E-state index in [-0.39, 0.29) is 11.9 Å². The summed E-state index contributed by atoms with van der Waals surface area (Å²) in [6.45, 7) is 0.757. The molecular weight excluding hydrogens is 300 g/mol. The third kappa shape index (κ3) is 4.70. The van der Waals surface area contributed by atoms with Crippen molar-refractivity contribution < 1.29 is 9.59 Å². The number of halogens is 1. The van der Waals surface area contributed by atoms with Gasteiger partial charge in [-0.1, -0.05) is 0 Å². The lowest BCUT2D eigenvalue weighted by atomic mass is 10.2. The van der Waals surface area contributed by atoms with Gasteiger partial charge in [0.2, 0.25) is 0 Å². The monoisotopic (exact) mass is 314 g/mol. The first-order chi connectivity index (χ1) is 8.50. The molecule has 0 aliphatic rings. The molecule has 0 aromatic carbocycles. The second kappa shape index (κ2) is 6.95. The Balaban J connectivity index is 2.32. The van der Waals surface area contributed by atoms with E-state index in [1.807, 2.05) is 0 Å². The molecular formula is C11H15BrN4O2. The van der Waals surface area contributed by atoms with Crippen LogP contribution in [0.15, 0.2) is 22.9 Å². The summed E-state index contributed by atoms with van der Waals surface area (Å²) in [4.78, 5) is 28.3. The van der Waals surface area contributed by atoms with Crippen LogP contribution in [-0.2, 0) is 0 Å². The Morgan fingerprint density at radius 1 is 1.33 bits per heavy atom. The SMILES string of the molecule is CN(C)C(=O)NCCNC(=O)c1ccnc(Br)c1. The van der Waals surface area contributed by atoms with Gasteiger partial charge in [0.05, 0.1) is 0 Å². The first kappa shape index (κ1) is 14.4. The molecule has 1 rings (SSSR count). The van der Waals surface area contributed by atoms with E-state index in [9.17, 15) is 9.59 Å². The zero-order chi connectivity index (χ0) is 13.5. The van der Waals surface area contributed by atoms with Crippen LogP contribution in [0.3, 0.4) is 0 Å². The maximum absolute atomic E-state index is 11.7. The van der Waals surface area contributed by atoms with Crippen LogP contribution in [0.5, 0.6) is 0 Å². The number of carbonyl (C=O) groups excluding carboxylic acids is 2. The van der Waals surface area contributed by atoms with E-state index in [1.165, 1.54) is 4.90 Å². The van der Waals surface area contributed by atoms with Gasteiger partial charge in [0.1, 0.15) is 4.60 Å². The summed E-state index contributed by atoms with van der Waals surface area (Å²) in [5, 5.41) is 5.35. The minimum absolute atomic E-state index is 0.184. The number of aromatic nitrogens is 1. The van der Waals surface area contributed by atoms with Crippen molar-refractivity contribution in [2.24, 2.45) is 0 Å². The van der Waals surface area contributed by atoms with Crippen LogP contribution in [0.2, 0.25) is 0 Å². The largest absolute Gasteiger partial charge is 0.350 e. The summed E-state index contributed by atoms with van der Waals surface area (Å²) in [5.74, 6) is -0.197. The smallest absolute Gasteiger partial charge is 0.316 e. The highest BCUT2D eigenvalue weighted by atomic mass is 79.9. The predicted octanol–water partition coefficient (Wildman–Crippen LogP) is 0.845. The lowest BCUT2D eigenvalue weighted by Gasteiger charge is -2.12. The van der Waals surface area contributed by atoms with E-state index in [0.717, 1.165) is 0 Å². The molecule has 3 amide bonds. The number of amides is 3. The third-order valence-electron chi connectivity index (χ3n) is 2.08. The number of hydrogen-bond donors (Lipinski definition) is 2. The quantitative estimate of drug-likeness (QED) is 0.639. The maximum atomic E-state index is 11.7. The zero-order valence-corrected chi connectivity index (χ0v) is 11.8. The van der Waals surface area contributed by atoms with Gasteiger partial charge in [-0.05, 0) is 28.1 Å². The molecule has 0 aliphatic carbocycles. The Morgan fingerprint density at radius 2 is 2.00 bits per heavy atom. The second-order valence-corrected chi connectivity index (χ2v) is 4.56. The van der Waals surface area contributed by atoms with Crippen molar-refractivity contribution in [2.75, 3.05) is 27.2 Å². The highest BCUT2D eigenvalue weighted by Gasteiger charge is 2.06. The molecule has 0 unspecified atom stereocenters. The highest BCUT2D eigenvalue weighted by molar-refractivity contribution is 9.10. The van der Waals surface area contributed by atoms with Crippen molar-refractivity contribution in [1.29, 1.82) is 0 Å². The molecule has 7 heteroatoms. The summed E-state index contributed by atoms with van der Waals surface area (Å²) in [6, 6.07) is 3.07. The second-order valence-electron chi connectivity index (χ2n) is 3.75. The number of hydrogen-bond acceptors (Lipinski definition) is 3. The number of rotatable bonds is 4. The standard InChI is InChI=1S/C11H15BrN4O2/c1-16(2)11(18)15-6-5-14-10(17)8-3-4-13-9(12)7-8/h3-4,7H,5-6H2,1-2H3,(H,14,17)(H,15,18). The van der Waals surface area contributed by atoms with Gasteiger partial charge in [0.25, 0.3) is 5.91 Å². The highest BCUT2D eigenvalue weighted by Crippen LogP contribution is 2.07. The summed E-state index contributed by atoms with van der Waals surface area (Å²) in [5.41, 5.74) is 0.524. The molecule has 18 heavy (non-hydrogen) atoms. The average molecular weight is 315 g/mol. The minimum Gasteiger partial charge on any atom is -0.350 e. The molecule has 0 fully saturated rings. The normalized spacial score (nSPS) is 9.72. The van der Waals surface area contributed by atoms with E-state index < -0.39 is 0 Å². The van der Waals surface area contributed by atoms with Gasteiger partial charge in [-0.15, -0.1) is 0 Å². The Bertz CT molecular complexity index is 437. The Labute approximate surface area is 114 Å². The van der Waals surface area contributed by atoms with E-state index in [0.29, 0.717) is 23.3 Å². The van der Waals surface area contributed by atoms with Crippen LogP contribution in [0.25, 0.3) is 0 Å². The van der Waals surface area contributed by atoms with Crippen LogP contribution in [0.4, 0.5) is 4.79 Å². The summed E-state index contributed by atoms with van der Waals surface area (Å²) in [7, 11) is 3.31. The van der Waals surface area contributed by atoms with Gasteiger partial charge in [-0.25, -0.2) is 9.78 Å². The predicted molar refractivity (Wildman–Crippen MR) is 71.4 cm³/mol. The number of nitrogens with one attached hydrogen (secondary N) is 2. The molecule has 0 saturated heterocycles. The van der Waals surface area contributed by atoms with E-state index in [1.54, 1.807) is 32.4 Å². The van der Waals surface area contributed by atoms with Crippen LogP contribution < -0.4 is 10.6 Å². The van der Waals surface area contributed by atoms with Gasteiger partial charge in [-0.2, -0.15) is 0 Å². The van der Waals surface area contributed by atoms with Crippen molar-refractivity contribution in [2.45, 2.75) is 0 Å². The van der Waals surface area contributed by atoms with Gasteiger partial charge in [-0.3, -0.25) is 4.79 Å². The van der Waals surface area contributed by atoms with Crippen molar-refractivity contribution in [3.63, 3.8) is 0 Å². The van der Waals surface area contributed by atoms with Gasteiger partial charge in [0, 0.05) is 38.9 Å². The van der Waals surface area contributed by atoms with E-state index >= 15 is 0 Å². The molecule has 0 radical (unpaired) electrons. The van der Waals surface area contributed by atoms with Crippen LogP contribution in [0.1, 0.15) is 10.4 Å². The molecule has 1 aromatic heterocycles. The minimum atomic E-state index is -0.197. The molecule has 1 aromatic rings. The fourth-order valence-corrected chi connectivity index (χ4v) is 1.51. The first-order valence-corrected chi connectivity index (χ1v) is 6.15. The van der Waals surface area contributed by atoms with Crippen molar-refractivity contribution >= 4 is 27.9 Å². The fraction of sp³-hybridized carbons (Fsp3) is 0.364. The molecule has 0 saturated carbocycles. The number of pyridine rings is 1. The van der Waals surface area contributed by atoms with Gasteiger partial charge in [0.15, 0.2) is 0 Å². The number of carbonyl (C=O) groups is 2. The summed E-state index contributed by atoms with van der Waals surface area (Å²) < 4.78 is 0.607. The van der Waals surface area contributed by atoms with E-state index in [2.05, 4.69) is 31.5 Å². The fourth-order valence-electron chi connectivity index (χ4n) is 1.15. The topological polar surface area (TPSA) is 74.3 Å². The average Bonchev–Trinajstić information content (AvgIpc) is 2.33. The Kier molecular flexibility index (Phi) is 5.57. The number of nitrogens with zero attached hydrogens (tertiary/aromatic N) is 2. The molecule has 0 aliphatic heterocycles. The van der Waals surface area contributed by atoms with E-state index in [4.69, 9.17) is 0 Å². The van der Waals surface area contributed by atoms with Crippen LogP contribution in [-0.4, -0.2) is 49.0 Å². The molecule has 6 nitrogen and oxygen atoms in total. The van der Waals surface area contributed by atoms with Crippen molar-refractivity contribution in [3.05, 3.63) is 28.5 Å². The maximum Gasteiger partial charge on any atom is 0.316 e. The zero-order valence-electron chi connectivity index (χ0n) is 10.2. The van der Waals surface area contributed by atoms with Crippen molar-refractivity contribution in [3.8, 4) is 0 Å². The van der Waals surface area contributed by atoms with Crippen LogP contribution in [0, 0.1) is 0 Å². The van der Waals surface area contributed by atoms with Gasteiger partial charge < -0.3 is 15.5 Å². The van der Waals surface area contributed by atoms with Gasteiger partial charge >= 0.3 is 6.03 Å². The lowest BCUT2D eigenvalue weighted by Crippen LogP contribution is -2.39. The molecule has 0 atom stereocenters. The molecule has 2 N–H and O–H groups in total. The molecule has 1 heterocycles. The molecule has 0 bridgehead atoms. The lowest BCUT2D eigenvalue weighted by molar-refractivity contribution is 0.0953. The Morgan fingerprint density at radius 3 is 2.61 bits per heavy atom. The molecule has 98 valence electrons. The summed E-state index contributed by atoms with van der Waals surface area (Å²) >= 11 is 3.19. The summed E-state index contributed by atoms with van der Waals surface area (Å²) in [6.07, 6.45) is 1.55.